The lowest BCUT2D eigenvalue weighted by molar-refractivity contribution is -0.145. The number of nitrogens with one attached hydrogen (secondary N) is 1. The smallest absolute Gasteiger partial charge is 0.374 e. The van der Waals surface area contributed by atoms with E-state index >= 15 is 0 Å². The number of para-hydroxylation sites is 2. The molecule has 0 aliphatic rings. The molecular weight excluding hydrogens is 352 g/mol. The van der Waals surface area contributed by atoms with Gasteiger partial charge in [-0.1, -0.05) is 12.1 Å². The van der Waals surface area contributed by atoms with Crippen LogP contribution >= 0.6 is 0 Å². The molecule has 0 saturated heterocycles. The van der Waals surface area contributed by atoms with E-state index in [2.05, 4.69) is 9.97 Å². The average molecular weight is 370 g/mol. The van der Waals surface area contributed by atoms with Crippen LogP contribution in [0.15, 0.2) is 45.6 Å². The van der Waals surface area contributed by atoms with Crippen molar-refractivity contribution in [2.24, 2.45) is 0 Å². The molecule has 140 valence electrons. The third-order valence-corrected chi connectivity index (χ3v) is 3.75. The van der Waals surface area contributed by atoms with Gasteiger partial charge in [0.25, 0.3) is 5.56 Å². The van der Waals surface area contributed by atoms with Crippen molar-refractivity contribution in [1.82, 2.24) is 9.97 Å². The number of carbonyl (C=O) groups is 2. The fraction of sp³-hybridized carbons (Fsp3) is 0.263. The van der Waals surface area contributed by atoms with Crippen molar-refractivity contribution in [2.45, 2.75) is 26.4 Å². The monoisotopic (exact) mass is 370 g/mol. The van der Waals surface area contributed by atoms with Crippen LogP contribution in [0.5, 0.6) is 0 Å². The molecule has 2 aromatic heterocycles. The largest absolute Gasteiger partial charge is 0.460 e. The molecule has 0 radical (unpaired) electrons. The van der Waals surface area contributed by atoms with Crippen LogP contribution in [0.3, 0.4) is 0 Å². The number of fused-ring (bicyclic) bond motifs is 1. The third kappa shape index (κ3) is 4.60. The van der Waals surface area contributed by atoms with Gasteiger partial charge >= 0.3 is 11.9 Å². The predicted molar refractivity (Wildman–Crippen MR) is 95.1 cm³/mol. The summed E-state index contributed by atoms with van der Waals surface area (Å²) in [6.45, 7) is 1.82. The van der Waals surface area contributed by atoms with Gasteiger partial charge in [0.1, 0.15) is 18.1 Å². The van der Waals surface area contributed by atoms with Crippen molar-refractivity contribution >= 4 is 23.0 Å². The maximum atomic E-state index is 12.0. The number of furan rings is 1. The summed E-state index contributed by atoms with van der Waals surface area (Å²) < 4.78 is 15.2. The topological polar surface area (TPSA) is 111 Å². The van der Waals surface area contributed by atoms with Crippen molar-refractivity contribution in [3.05, 3.63) is 64.0 Å². The standard InChI is InChI=1S/C19H18N2O6/c1-2-25-19(24)16-9-7-12(27-16)11-26-17(22)10-8-15-18(23)21-14-6-4-3-5-13(14)20-15/h3-7,9H,2,8,10-11H2,1H3,(H,21,23). The summed E-state index contributed by atoms with van der Waals surface area (Å²) >= 11 is 0. The van der Waals surface area contributed by atoms with Crippen LogP contribution in [0, 0.1) is 0 Å². The Morgan fingerprint density at radius 1 is 1.15 bits per heavy atom. The number of benzene rings is 1. The van der Waals surface area contributed by atoms with Crippen LogP contribution in [-0.2, 0) is 27.3 Å². The Morgan fingerprint density at radius 2 is 1.96 bits per heavy atom. The third-order valence-electron chi connectivity index (χ3n) is 3.75. The second-order valence-electron chi connectivity index (χ2n) is 5.68. The zero-order valence-corrected chi connectivity index (χ0v) is 14.7. The lowest BCUT2D eigenvalue weighted by atomic mass is 10.2. The van der Waals surface area contributed by atoms with Gasteiger partial charge in [-0.25, -0.2) is 9.78 Å². The van der Waals surface area contributed by atoms with Crippen LogP contribution < -0.4 is 5.56 Å². The van der Waals surface area contributed by atoms with E-state index in [-0.39, 0.29) is 43.1 Å². The number of aryl methyl sites for hydroxylation is 1. The van der Waals surface area contributed by atoms with E-state index < -0.39 is 11.9 Å². The number of nitrogens with zero attached hydrogens (tertiary/aromatic N) is 1. The average Bonchev–Trinajstić information content (AvgIpc) is 3.14. The molecule has 0 fully saturated rings. The van der Waals surface area contributed by atoms with E-state index in [4.69, 9.17) is 13.9 Å². The number of H-pyrrole nitrogens is 1. The highest BCUT2D eigenvalue weighted by Gasteiger charge is 2.14. The Hall–Kier alpha value is -3.42. The molecule has 0 aliphatic carbocycles. The first kappa shape index (κ1) is 18.4. The molecule has 8 nitrogen and oxygen atoms in total. The van der Waals surface area contributed by atoms with E-state index in [9.17, 15) is 14.4 Å². The Bertz CT molecular complexity index is 1020. The highest BCUT2D eigenvalue weighted by molar-refractivity contribution is 5.86. The lowest BCUT2D eigenvalue weighted by Crippen LogP contribution is -2.17. The van der Waals surface area contributed by atoms with Gasteiger partial charge in [-0.2, -0.15) is 0 Å². The minimum absolute atomic E-state index is 0.000137. The normalized spacial score (nSPS) is 10.7. The number of aromatic nitrogens is 2. The number of esters is 2. The summed E-state index contributed by atoms with van der Waals surface area (Å²) in [5.41, 5.74) is 1.24. The molecule has 0 amide bonds. The second-order valence-corrected chi connectivity index (χ2v) is 5.68. The van der Waals surface area contributed by atoms with Crippen LogP contribution in [0.1, 0.15) is 35.4 Å². The highest BCUT2D eigenvalue weighted by atomic mass is 16.6. The van der Waals surface area contributed by atoms with Gasteiger partial charge in [0.15, 0.2) is 0 Å². The molecule has 27 heavy (non-hydrogen) atoms. The van der Waals surface area contributed by atoms with E-state index in [0.29, 0.717) is 16.8 Å². The molecule has 3 aromatic rings. The quantitative estimate of drug-likeness (QED) is 0.635. The Morgan fingerprint density at radius 3 is 2.78 bits per heavy atom. The summed E-state index contributed by atoms with van der Waals surface area (Å²) in [6, 6.07) is 10.2. The van der Waals surface area contributed by atoms with Gasteiger partial charge in [0.2, 0.25) is 5.76 Å². The first-order valence-corrected chi connectivity index (χ1v) is 8.46. The fourth-order valence-electron chi connectivity index (χ4n) is 2.45. The van der Waals surface area contributed by atoms with Crippen LogP contribution in [0.2, 0.25) is 0 Å². The number of aromatic amines is 1. The van der Waals surface area contributed by atoms with Crippen LogP contribution in [0.4, 0.5) is 0 Å². The molecule has 0 spiro atoms. The zero-order valence-electron chi connectivity index (χ0n) is 14.7. The second kappa shape index (κ2) is 8.31. The summed E-state index contributed by atoms with van der Waals surface area (Å²) in [4.78, 5) is 42.5. The van der Waals surface area contributed by atoms with E-state index in [0.717, 1.165) is 0 Å². The molecule has 0 atom stereocenters. The van der Waals surface area contributed by atoms with E-state index in [1.165, 1.54) is 12.1 Å². The fourth-order valence-corrected chi connectivity index (χ4v) is 2.45. The Labute approximate surface area is 154 Å². The molecule has 2 heterocycles. The van der Waals surface area contributed by atoms with Gasteiger partial charge in [-0.3, -0.25) is 9.59 Å². The van der Waals surface area contributed by atoms with Gasteiger partial charge in [-0.05, 0) is 31.2 Å². The Balaban J connectivity index is 1.54. The van der Waals surface area contributed by atoms with Crippen molar-refractivity contribution in [3.8, 4) is 0 Å². The molecule has 0 saturated carbocycles. The molecule has 3 rings (SSSR count). The van der Waals surface area contributed by atoms with Gasteiger partial charge in [0.05, 0.1) is 24.1 Å². The van der Waals surface area contributed by atoms with Crippen LogP contribution in [0.25, 0.3) is 11.0 Å². The van der Waals surface area contributed by atoms with Crippen molar-refractivity contribution in [1.29, 1.82) is 0 Å². The van der Waals surface area contributed by atoms with E-state index in [1.807, 2.05) is 6.07 Å². The number of carbonyl (C=O) groups excluding carboxylic acids is 2. The predicted octanol–water partition coefficient (Wildman–Crippen LogP) is 2.37. The van der Waals surface area contributed by atoms with Gasteiger partial charge in [0, 0.05) is 6.42 Å². The van der Waals surface area contributed by atoms with E-state index in [1.54, 1.807) is 25.1 Å². The Kier molecular flexibility index (Phi) is 5.65. The van der Waals surface area contributed by atoms with Crippen molar-refractivity contribution in [2.75, 3.05) is 6.61 Å². The molecule has 0 bridgehead atoms. The van der Waals surface area contributed by atoms with Crippen molar-refractivity contribution < 1.29 is 23.5 Å². The molecule has 1 aromatic carbocycles. The first-order chi connectivity index (χ1) is 13.1. The summed E-state index contributed by atoms with van der Waals surface area (Å²) in [5.74, 6) is -0.696. The first-order valence-electron chi connectivity index (χ1n) is 8.46. The summed E-state index contributed by atoms with van der Waals surface area (Å²) in [6.07, 6.45) is 0.158. The number of ether oxygens (including phenoxy) is 2. The van der Waals surface area contributed by atoms with Crippen LogP contribution in [-0.4, -0.2) is 28.5 Å². The minimum atomic E-state index is -0.573. The van der Waals surface area contributed by atoms with Gasteiger partial charge in [-0.15, -0.1) is 0 Å². The molecule has 8 heteroatoms. The number of hydrogen-bond acceptors (Lipinski definition) is 7. The summed E-state index contributed by atoms with van der Waals surface area (Å²) in [5, 5.41) is 0. The molecule has 0 aliphatic heterocycles. The van der Waals surface area contributed by atoms with Crippen molar-refractivity contribution in [3.63, 3.8) is 0 Å². The van der Waals surface area contributed by atoms with Gasteiger partial charge < -0.3 is 18.9 Å². The highest BCUT2D eigenvalue weighted by Crippen LogP contribution is 2.11. The minimum Gasteiger partial charge on any atom is -0.460 e. The summed E-state index contributed by atoms with van der Waals surface area (Å²) in [7, 11) is 0. The number of rotatable bonds is 7. The molecule has 0 unspecified atom stereocenters. The maximum Gasteiger partial charge on any atom is 0.374 e. The zero-order chi connectivity index (χ0) is 19.2. The number of hydrogen-bond donors (Lipinski definition) is 1. The molecular formula is C19H18N2O6. The maximum absolute atomic E-state index is 12.0. The molecule has 1 N–H and O–H groups in total. The SMILES string of the molecule is CCOC(=O)c1ccc(COC(=O)CCc2nc3ccccc3[nH]c2=O)o1. The lowest BCUT2D eigenvalue weighted by Gasteiger charge is -2.04.